The standard InChI is InChI=1S/C20H21BF5N3O3S.C2H6/c1-19(2)20(3,4)32-21(31-19)13-8-9-29-16(12-27-17(29)10-13)18(30)28-14-6-5-7-15(11-14)33(22,23,24,25)26;1-2/h5-12H,1-4H3,(H,28,30);1-2H3. The van der Waals surface area contributed by atoms with Crippen LogP contribution in [0.1, 0.15) is 52.0 Å². The Labute approximate surface area is 200 Å². The van der Waals surface area contributed by atoms with Crippen molar-refractivity contribution in [2.24, 2.45) is 0 Å². The van der Waals surface area contributed by atoms with Gasteiger partial charge in [0, 0.05) is 11.9 Å². The highest BCUT2D eigenvalue weighted by Gasteiger charge is 2.65. The number of nitrogens with one attached hydrogen (secondary N) is 1. The number of aromatic nitrogens is 2. The van der Waals surface area contributed by atoms with Gasteiger partial charge < -0.3 is 14.6 Å². The van der Waals surface area contributed by atoms with Crippen molar-refractivity contribution in [2.45, 2.75) is 57.6 Å². The number of carbonyl (C=O) groups excluding carboxylic acids is 1. The summed E-state index contributed by atoms with van der Waals surface area (Å²) in [6.07, 6.45) is 2.77. The van der Waals surface area contributed by atoms with Crippen LogP contribution in [0, 0.1) is 0 Å². The van der Waals surface area contributed by atoms with E-state index in [4.69, 9.17) is 9.31 Å². The molecule has 6 nitrogen and oxygen atoms in total. The fourth-order valence-electron chi connectivity index (χ4n) is 3.30. The third kappa shape index (κ3) is 5.46. The maximum Gasteiger partial charge on any atom is 0.495 e. The van der Waals surface area contributed by atoms with Crippen molar-refractivity contribution in [1.82, 2.24) is 9.38 Å². The average molecular weight is 519 g/mol. The van der Waals surface area contributed by atoms with Crippen LogP contribution in [-0.2, 0) is 9.31 Å². The van der Waals surface area contributed by atoms with Crippen LogP contribution >= 0.6 is 10.2 Å². The number of pyridine rings is 1. The maximum atomic E-state index is 13.1. The van der Waals surface area contributed by atoms with Gasteiger partial charge in [-0.2, -0.15) is 0 Å². The number of fused-ring (bicyclic) bond motifs is 1. The molecule has 0 unspecified atom stereocenters. The van der Waals surface area contributed by atoms with Crippen molar-refractivity contribution >= 4 is 40.0 Å². The Morgan fingerprint density at radius 3 is 2.17 bits per heavy atom. The molecule has 0 saturated carbocycles. The number of hydrogen-bond acceptors (Lipinski definition) is 4. The number of benzene rings is 1. The fraction of sp³-hybridized carbons (Fsp3) is 0.364. The molecule has 1 aliphatic heterocycles. The van der Waals surface area contributed by atoms with E-state index < -0.39 is 45.0 Å². The van der Waals surface area contributed by atoms with Gasteiger partial charge >= 0.3 is 17.3 Å². The number of nitrogens with zero attached hydrogens (tertiary/aromatic N) is 2. The van der Waals surface area contributed by atoms with Gasteiger partial charge in [-0.1, -0.05) is 39.3 Å². The second kappa shape index (κ2) is 7.94. The first-order valence-corrected chi connectivity index (χ1v) is 12.8. The molecule has 4 rings (SSSR count). The monoisotopic (exact) mass is 519 g/mol. The van der Waals surface area contributed by atoms with Crippen LogP contribution in [0.2, 0.25) is 0 Å². The number of hydrogen-bond donors (Lipinski definition) is 1. The van der Waals surface area contributed by atoms with Gasteiger partial charge in [0.2, 0.25) is 0 Å². The quantitative estimate of drug-likeness (QED) is 0.313. The first-order valence-electron chi connectivity index (χ1n) is 10.8. The van der Waals surface area contributed by atoms with Gasteiger partial charge in [-0.3, -0.25) is 9.20 Å². The molecule has 1 fully saturated rings. The minimum absolute atomic E-state index is 0.00297. The van der Waals surface area contributed by atoms with Gasteiger partial charge in [-0.15, -0.1) is 0 Å². The molecule has 0 atom stereocenters. The predicted molar refractivity (Wildman–Crippen MR) is 128 cm³/mol. The molecule has 13 heteroatoms. The molecule has 0 spiro atoms. The van der Waals surface area contributed by atoms with E-state index >= 15 is 0 Å². The first kappa shape index (κ1) is 27.0. The molecule has 0 aliphatic carbocycles. The normalized spacial score (nSPS) is 18.9. The molecule has 1 amide bonds. The van der Waals surface area contributed by atoms with E-state index in [1.54, 1.807) is 18.3 Å². The van der Waals surface area contributed by atoms with E-state index in [1.807, 2.05) is 41.5 Å². The molecule has 1 aromatic carbocycles. The molecule has 0 bridgehead atoms. The number of anilines is 1. The number of carbonyl (C=O) groups is 1. The Bertz CT molecular complexity index is 1260. The van der Waals surface area contributed by atoms with Crippen molar-refractivity contribution in [1.29, 1.82) is 0 Å². The number of rotatable bonds is 4. The summed E-state index contributed by atoms with van der Waals surface area (Å²) in [5.41, 5.74) is -0.477. The van der Waals surface area contributed by atoms with Gasteiger partial charge in [-0.25, -0.2) is 4.98 Å². The topological polar surface area (TPSA) is 64.9 Å². The molecule has 2 aromatic heterocycles. The molecular weight excluding hydrogens is 492 g/mol. The molecule has 1 N–H and O–H groups in total. The van der Waals surface area contributed by atoms with E-state index in [2.05, 4.69) is 10.3 Å². The highest BCUT2D eigenvalue weighted by Crippen LogP contribution is 3.02. The van der Waals surface area contributed by atoms with Crippen LogP contribution in [0.4, 0.5) is 25.1 Å². The van der Waals surface area contributed by atoms with Gasteiger partial charge in [0.05, 0.1) is 17.4 Å². The first-order chi connectivity index (χ1) is 15.9. The molecule has 1 saturated heterocycles. The second-order valence-electron chi connectivity index (χ2n) is 8.87. The van der Waals surface area contributed by atoms with Crippen molar-refractivity contribution < 1.29 is 33.5 Å². The Morgan fingerprint density at radius 1 is 1.00 bits per heavy atom. The Balaban J connectivity index is 0.00000167. The van der Waals surface area contributed by atoms with Crippen molar-refractivity contribution in [3.05, 3.63) is 54.5 Å². The number of halogens is 5. The van der Waals surface area contributed by atoms with E-state index in [1.165, 1.54) is 10.6 Å². The Hall–Kier alpha value is -2.64. The summed E-state index contributed by atoms with van der Waals surface area (Å²) in [6, 6.07) is 5.69. The van der Waals surface area contributed by atoms with Gasteiger partial charge in [0.1, 0.15) is 16.2 Å². The molecule has 3 heterocycles. The summed E-state index contributed by atoms with van der Waals surface area (Å²) < 4.78 is 78.7. The Morgan fingerprint density at radius 2 is 1.60 bits per heavy atom. The second-order valence-corrected chi connectivity index (χ2v) is 11.3. The summed E-state index contributed by atoms with van der Waals surface area (Å²) in [6.45, 7) is 11.6. The van der Waals surface area contributed by atoms with Crippen LogP contribution in [-0.4, -0.2) is 33.6 Å². The zero-order valence-corrected chi connectivity index (χ0v) is 20.9. The Kier molecular flexibility index (Phi) is 6.11. The molecule has 3 aromatic rings. The smallest absolute Gasteiger partial charge is 0.399 e. The van der Waals surface area contributed by atoms with Gasteiger partial charge in [-0.05, 0) is 63.5 Å². The predicted octanol–water partition coefficient (Wildman–Crippen LogP) is 6.57. The minimum atomic E-state index is -9.87. The fourth-order valence-corrected chi connectivity index (χ4v) is 3.98. The summed E-state index contributed by atoms with van der Waals surface area (Å²) in [5, 5.41) is 2.21. The minimum Gasteiger partial charge on any atom is -0.399 e. The summed E-state index contributed by atoms with van der Waals surface area (Å²) in [4.78, 5) is 14.7. The third-order valence-corrected chi connectivity index (χ3v) is 6.98. The third-order valence-electron chi connectivity index (χ3n) is 5.83. The van der Waals surface area contributed by atoms with Gasteiger partial charge in [0.15, 0.2) is 0 Å². The van der Waals surface area contributed by atoms with E-state index in [-0.39, 0.29) is 17.8 Å². The van der Waals surface area contributed by atoms with Gasteiger partial charge in [0.25, 0.3) is 5.91 Å². The number of amides is 1. The van der Waals surface area contributed by atoms with Crippen molar-refractivity contribution in [3.63, 3.8) is 0 Å². The van der Waals surface area contributed by atoms with Crippen molar-refractivity contribution in [2.75, 3.05) is 5.32 Å². The summed E-state index contributed by atoms with van der Waals surface area (Å²) in [7, 11) is -10.5. The van der Waals surface area contributed by atoms with E-state index in [0.29, 0.717) is 11.1 Å². The molecule has 35 heavy (non-hydrogen) atoms. The SMILES string of the molecule is CC.CC1(C)OB(c2ccn3c(C(=O)Nc4cccc(S(F)(F)(F)(F)F)c4)cnc3c2)OC1(C)C. The van der Waals surface area contributed by atoms with Crippen LogP contribution < -0.4 is 10.8 Å². The van der Waals surface area contributed by atoms with Crippen LogP contribution in [0.3, 0.4) is 0 Å². The molecule has 192 valence electrons. The zero-order chi connectivity index (χ0) is 26.5. The highest BCUT2D eigenvalue weighted by atomic mass is 32.5. The lowest BCUT2D eigenvalue weighted by atomic mass is 9.80. The number of imidazole rings is 1. The maximum absolute atomic E-state index is 13.1. The average Bonchev–Trinajstić information content (AvgIpc) is 3.25. The molecule has 0 radical (unpaired) electrons. The summed E-state index contributed by atoms with van der Waals surface area (Å²) in [5.74, 6) is -0.815. The molecule has 1 aliphatic rings. The lowest BCUT2D eigenvalue weighted by Gasteiger charge is -2.40. The molecular formula is C22H27BF5N3O3S. The van der Waals surface area contributed by atoms with Crippen LogP contribution in [0.15, 0.2) is 53.7 Å². The zero-order valence-electron chi connectivity index (χ0n) is 20.1. The lowest BCUT2D eigenvalue weighted by Crippen LogP contribution is -2.41. The van der Waals surface area contributed by atoms with E-state index in [9.17, 15) is 24.2 Å². The van der Waals surface area contributed by atoms with Crippen LogP contribution in [0.25, 0.3) is 5.65 Å². The largest absolute Gasteiger partial charge is 0.495 e. The van der Waals surface area contributed by atoms with Crippen molar-refractivity contribution in [3.8, 4) is 0 Å². The lowest BCUT2D eigenvalue weighted by molar-refractivity contribution is 0.00578. The highest BCUT2D eigenvalue weighted by molar-refractivity contribution is 8.45. The summed E-state index contributed by atoms with van der Waals surface area (Å²) >= 11 is 0. The van der Waals surface area contributed by atoms with E-state index in [0.717, 1.165) is 12.1 Å². The van der Waals surface area contributed by atoms with Crippen LogP contribution in [0.5, 0.6) is 0 Å².